The first-order valence-electron chi connectivity index (χ1n) is 6.02. The summed E-state index contributed by atoms with van der Waals surface area (Å²) in [5.74, 6) is 0.424. The number of rotatable bonds is 5. The van der Waals surface area contributed by atoms with E-state index in [1.807, 2.05) is 0 Å². The number of methoxy groups -OCH3 is 1. The van der Waals surface area contributed by atoms with Crippen molar-refractivity contribution < 1.29 is 9.66 Å². The molecule has 7 heteroatoms. The van der Waals surface area contributed by atoms with Gasteiger partial charge in [0.1, 0.15) is 11.4 Å². The van der Waals surface area contributed by atoms with Gasteiger partial charge in [-0.05, 0) is 23.8 Å². The molecule has 0 bridgehead atoms. The van der Waals surface area contributed by atoms with E-state index in [4.69, 9.17) is 27.9 Å². The van der Waals surface area contributed by atoms with Crippen molar-refractivity contribution in [3.63, 3.8) is 0 Å². The fourth-order valence-electron chi connectivity index (χ4n) is 1.81. The van der Waals surface area contributed by atoms with E-state index in [0.717, 1.165) is 5.56 Å². The van der Waals surface area contributed by atoms with Crippen LogP contribution in [-0.4, -0.2) is 12.0 Å². The number of hydrogen-bond donors (Lipinski definition) is 1. The zero-order valence-corrected chi connectivity index (χ0v) is 12.6. The predicted octanol–water partition coefficient (Wildman–Crippen LogP) is 4.52. The van der Waals surface area contributed by atoms with E-state index in [-0.39, 0.29) is 5.69 Å². The maximum absolute atomic E-state index is 11.1. The van der Waals surface area contributed by atoms with E-state index in [2.05, 4.69) is 5.32 Å². The average molecular weight is 327 g/mol. The van der Waals surface area contributed by atoms with Crippen LogP contribution in [0.5, 0.6) is 5.75 Å². The maximum Gasteiger partial charge on any atom is 0.296 e. The van der Waals surface area contributed by atoms with Gasteiger partial charge in [0.25, 0.3) is 5.69 Å². The second-order valence-corrected chi connectivity index (χ2v) is 4.99. The van der Waals surface area contributed by atoms with Gasteiger partial charge in [-0.3, -0.25) is 10.1 Å². The summed E-state index contributed by atoms with van der Waals surface area (Å²) in [6.45, 7) is 0.326. The Balaban J connectivity index is 2.23. The van der Waals surface area contributed by atoms with Crippen molar-refractivity contribution in [2.24, 2.45) is 0 Å². The highest BCUT2D eigenvalue weighted by Crippen LogP contribution is 2.31. The Kier molecular flexibility index (Phi) is 4.88. The van der Waals surface area contributed by atoms with Gasteiger partial charge in [0.15, 0.2) is 0 Å². The number of nitrogens with one attached hydrogen (secondary N) is 1. The van der Waals surface area contributed by atoms with Crippen LogP contribution in [0.2, 0.25) is 10.0 Å². The van der Waals surface area contributed by atoms with Crippen molar-refractivity contribution in [2.45, 2.75) is 6.54 Å². The summed E-state index contributed by atoms with van der Waals surface area (Å²) in [4.78, 5) is 10.6. The molecule has 5 nitrogen and oxygen atoms in total. The molecule has 0 amide bonds. The molecule has 0 saturated carbocycles. The lowest BCUT2D eigenvalue weighted by Crippen LogP contribution is -2.03. The Hall–Kier alpha value is -1.98. The minimum absolute atomic E-state index is 0.0625. The second kappa shape index (κ2) is 6.65. The van der Waals surface area contributed by atoms with Crippen LogP contribution in [0.1, 0.15) is 5.56 Å². The van der Waals surface area contributed by atoms with Gasteiger partial charge in [-0.2, -0.15) is 0 Å². The van der Waals surface area contributed by atoms with Crippen molar-refractivity contribution in [1.29, 1.82) is 0 Å². The normalized spacial score (nSPS) is 10.2. The van der Waals surface area contributed by atoms with Gasteiger partial charge in [-0.15, -0.1) is 0 Å². The third kappa shape index (κ3) is 3.56. The molecule has 0 radical (unpaired) electrons. The molecule has 0 heterocycles. The summed E-state index contributed by atoms with van der Waals surface area (Å²) >= 11 is 12.0. The van der Waals surface area contributed by atoms with Crippen LogP contribution < -0.4 is 10.1 Å². The average Bonchev–Trinajstić information content (AvgIpc) is 2.48. The largest absolute Gasteiger partial charge is 0.496 e. The lowest BCUT2D eigenvalue weighted by atomic mass is 10.2. The van der Waals surface area contributed by atoms with Gasteiger partial charge in [-0.1, -0.05) is 35.3 Å². The molecule has 0 aliphatic carbocycles. The second-order valence-electron chi connectivity index (χ2n) is 4.21. The summed E-state index contributed by atoms with van der Waals surface area (Å²) in [7, 11) is 1.46. The van der Waals surface area contributed by atoms with Crippen LogP contribution in [0.4, 0.5) is 11.4 Å². The number of anilines is 1. The molecule has 0 aliphatic heterocycles. The molecule has 0 unspecified atom stereocenters. The van der Waals surface area contributed by atoms with E-state index in [9.17, 15) is 10.1 Å². The third-order valence-corrected chi connectivity index (χ3v) is 3.76. The van der Waals surface area contributed by atoms with Crippen LogP contribution in [0.25, 0.3) is 0 Å². The Morgan fingerprint density at radius 2 is 2.05 bits per heavy atom. The molecular formula is C14H12Cl2N2O3. The summed E-state index contributed by atoms with van der Waals surface area (Å²) in [6, 6.07) is 9.86. The Morgan fingerprint density at radius 3 is 2.71 bits per heavy atom. The van der Waals surface area contributed by atoms with Gasteiger partial charge >= 0.3 is 0 Å². The molecule has 0 fully saturated rings. The first-order chi connectivity index (χ1) is 10.0. The molecular weight excluding hydrogens is 315 g/mol. The minimum Gasteiger partial charge on any atom is -0.496 e. The highest BCUT2D eigenvalue weighted by Gasteiger charge is 2.15. The van der Waals surface area contributed by atoms with Crippen LogP contribution >= 0.6 is 23.2 Å². The molecule has 2 rings (SSSR count). The van der Waals surface area contributed by atoms with Crippen LogP contribution in [-0.2, 0) is 6.54 Å². The van der Waals surface area contributed by atoms with Crippen molar-refractivity contribution in [2.75, 3.05) is 12.4 Å². The van der Waals surface area contributed by atoms with E-state index in [0.29, 0.717) is 28.0 Å². The zero-order valence-electron chi connectivity index (χ0n) is 11.1. The summed E-state index contributed by atoms with van der Waals surface area (Å²) in [6.07, 6.45) is 0. The number of halogens is 2. The monoisotopic (exact) mass is 326 g/mol. The SMILES string of the molecule is COc1ccc(NCc2cccc(Cl)c2Cl)c([N+](=O)[O-])c1. The number of nitrogens with zero attached hydrogens (tertiary/aromatic N) is 1. The van der Waals surface area contributed by atoms with Gasteiger partial charge in [-0.25, -0.2) is 0 Å². The molecule has 2 aromatic rings. The maximum atomic E-state index is 11.1. The van der Waals surface area contributed by atoms with Crippen molar-refractivity contribution in [3.05, 3.63) is 62.1 Å². The standard InChI is InChI=1S/C14H12Cl2N2O3/c1-21-10-5-6-12(13(7-10)18(19)20)17-8-9-3-2-4-11(15)14(9)16/h2-7,17H,8H2,1H3. The molecule has 21 heavy (non-hydrogen) atoms. The predicted molar refractivity (Wildman–Crippen MR) is 83.4 cm³/mol. The van der Waals surface area contributed by atoms with Crippen molar-refractivity contribution in [1.82, 2.24) is 0 Å². The molecule has 0 saturated heterocycles. The number of hydrogen-bond acceptors (Lipinski definition) is 4. The van der Waals surface area contributed by atoms with Gasteiger partial charge < -0.3 is 10.1 Å². The Morgan fingerprint density at radius 1 is 1.29 bits per heavy atom. The van der Waals surface area contributed by atoms with E-state index < -0.39 is 4.92 Å². The van der Waals surface area contributed by atoms with E-state index in [1.54, 1.807) is 30.3 Å². The van der Waals surface area contributed by atoms with E-state index in [1.165, 1.54) is 13.2 Å². The van der Waals surface area contributed by atoms with Gasteiger partial charge in [0, 0.05) is 6.54 Å². The smallest absolute Gasteiger partial charge is 0.296 e. The molecule has 0 aromatic heterocycles. The molecule has 110 valence electrons. The van der Waals surface area contributed by atoms with E-state index >= 15 is 0 Å². The minimum atomic E-state index is -0.468. The van der Waals surface area contributed by atoms with Gasteiger partial charge in [0.2, 0.25) is 0 Å². The highest BCUT2D eigenvalue weighted by atomic mass is 35.5. The molecule has 2 aromatic carbocycles. The lowest BCUT2D eigenvalue weighted by molar-refractivity contribution is -0.384. The summed E-state index contributed by atoms with van der Waals surface area (Å²) in [5.41, 5.74) is 1.08. The first kappa shape index (κ1) is 15.4. The summed E-state index contributed by atoms with van der Waals surface area (Å²) in [5, 5.41) is 15.0. The van der Waals surface area contributed by atoms with Crippen LogP contribution in [0.15, 0.2) is 36.4 Å². The summed E-state index contributed by atoms with van der Waals surface area (Å²) < 4.78 is 4.99. The third-order valence-electron chi connectivity index (χ3n) is 2.90. The number of nitro groups is 1. The van der Waals surface area contributed by atoms with Crippen LogP contribution in [0, 0.1) is 10.1 Å². The van der Waals surface area contributed by atoms with Crippen molar-refractivity contribution >= 4 is 34.6 Å². The van der Waals surface area contributed by atoms with Crippen LogP contribution in [0.3, 0.4) is 0 Å². The fraction of sp³-hybridized carbons (Fsp3) is 0.143. The molecule has 0 spiro atoms. The lowest BCUT2D eigenvalue weighted by Gasteiger charge is -2.10. The quantitative estimate of drug-likeness (QED) is 0.648. The number of ether oxygens (including phenoxy) is 1. The zero-order chi connectivity index (χ0) is 15.4. The highest BCUT2D eigenvalue weighted by molar-refractivity contribution is 6.42. The Bertz CT molecular complexity index is 677. The van der Waals surface area contributed by atoms with Crippen molar-refractivity contribution in [3.8, 4) is 5.75 Å². The Labute approximate surface area is 131 Å². The molecule has 0 atom stereocenters. The first-order valence-corrected chi connectivity index (χ1v) is 6.77. The van der Waals surface area contributed by atoms with Gasteiger partial charge in [0.05, 0.1) is 28.1 Å². The molecule has 0 aliphatic rings. The fourth-order valence-corrected chi connectivity index (χ4v) is 2.20. The topological polar surface area (TPSA) is 64.4 Å². The molecule has 1 N–H and O–H groups in total. The number of nitro benzene ring substituents is 1. The number of benzene rings is 2.